The SMILES string of the molecule is CCNC(=NCCc1csc(N2CCCC2)n1)N1CCN(C(=O)C2CCCO2)CC1. The van der Waals surface area contributed by atoms with Gasteiger partial charge in [-0.2, -0.15) is 0 Å². The Morgan fingerprint density at radius 1 is 1.20 bits per heavy atom. The number of anilines is 1. The molecule has 0 spiro atoms. The van der Waals surface area contributed by atoms with Gasteiger partial charge in [0, 0.05) is 70.8 Å². The fourth-order valence-corrected chi connectivity index (χ4v) is 5.20. The Hall–Kier alpha value is -1.87. The van der Waals surface area contributed by atoms with E-state index in [0.29, 0.717) is 6.61 Å². The van der Waals surface area contributed by atoms with Crippen molar-refractivity contribution in [3.63, 3.8) is 0 Å². The highest BCUT2D eigenvalue weighted by Gasteiger charge is 2.30. The first-order valence-electron chi connectivity index (χ1n) is 11.4. The molecule has 0 radical (unpaired) electrons. The molecule has 166 valence electrons. The second kappa shape index (κ2) is 10.4. The molecule has 0 bridgehead atoms. The summed E-state index contributed by atoms with van der Waals surface area (Å²) in [5, 5.41) is 6.74. The number of carbonyl (C=O) groups is 1. The van der Waals surface area contributed by atoms with Crippen molar-refractivity contribution in [2.24, 2.45) is 4.99 Å². The van der Waals surface area contributed by atoms with E-state index in [9.17, 15) is 4.79 Å². The number of hydrogen-bond donors (Lipinski definition) is 1. The van der Waals surface area contributed by atoms with Gasteiger partial charge in [-0.1, -0.05) is 0 Å². The van der Waals surface area contributed by atoms with E-state index in [2.05, 4.69) is 27.4 Å². The number of guanidine groups is 1. The molecule has 1 unspecified atom stereocenters. The van der Waals surface area contributed by atoms with Gasteiger partial charge in [0.1, 0.15) is 6.10 Å². The largest absolute Gasteiger partial charge is 0.368 e. The lowest BCUT2D eigenvalue weighted by atomic mass is 10.2. The molecule has 3 saturated heterocycles. The smallest absolute Gasteiger partial charge is 0.251 e. The Kier molecular flexibility index (Phi) is 7.43. The van der Waals surface area contributed by atoms with Gasteiger partial charge in [-0.25, -0.2) is 4.98 Å². The molecule has 1 aromatic heterocycles. The number of thiazole rings is 1. The Balaban J connectivity index is 1.27. The number of ether oxygens (including phenoxy) is 1. The first kappa shape index (κ1) is 21.4. The molecule has 1 aromatic rings. The van der Waals surface area contributed by atoms with E-state index in [0.717, 1.165) is 88.4 Å². The summed E-state index contributed by atoms with van der Waals surface area (Å²) < 4.78 is 5.56. The minimum atomic E-state index is -0.220. The summed E-state index contributed by atoms with van der Waals surface area (Å²) in [6.45, 7) is 9.71. The minimum Gasteiger partial charge on any atom is -0.368 e. The molecule has 3 fully saturated rings. The van der Waals surface area contributed by atoms with Crippen molar-refractivity contribution in [2.75, 3.05) is 63.9 Å². The Morgan fingerprint density at radius 2 is 1.97 bits per heavy atom. The second-order valence-electron chi connectivity index (χ2n) is 8.12. The van der Waals surface area contributed by atoms with Crippen molar-refractivity contribution in [3.05, 3.63) is 11.1 Å². The molecule has 0 aromatic carbocycles. The predicted molar refractivity (Wildman–Crippen MR) is 120 cm³/mol. The van der Waals surface area contributed by atoms with Crippen molar-refractivity contribution >= 4 is 28.3 Å². The number of nitrogens with one attached hydrogen (secondary N) is 1. The zero-order chi connectivity index (χ0) is 20.8. The van der Waals surface area contributed by atoms with Crippen LogP contribution in [0.4, 0.5) is 5.13 Å². The van der Waals surface area contributed by atoms with E-state index in [4.69, 9.17) is 14.7 Å². The van der Waals surface area contributed by atoms with Crippen molar-refractivity contribution in [3.8, 4) is 0 Å². The summed E-state index contributed by atoms with van der Waals surface area (Å²) in [6, 6.07) is 0. The van der Waals surface area contributed by atoms with Crippen molar-refractivity contribution in [1.29, 1.82) is 0 Å². The van der Waals surface area contributed by atoms with Crippen LogP contribution in [0.2, 0.25) is 0 Å². The number of nitrogens with zero attached hydrogens (tertiary/aromatic N) is 5. The quantitative estimate of drug-likeness (QED) is 0.541. The van der Waals surface area contributed by atoms with Crippen LogP contribution in [0.25, 0.3) is 0 Å². The molecule has 1 atom stereocenters. The van der Waals surface area contributed by atoms with Crippen molar-refractivity contribution in [2.45, 2.75) is 45.1 Å². The summed E-state index contributed by atoms with van der Waals surface area (Å²) in [7, 11) is 0. The van der Waals surface area contributed by atoms with E-state index >= 15 is 0 Å². The summed E-state index contributed by atoms with van der Waals surface area (Å²) in [5.74, 6) is 1.10. The van der Waals surface area contributed by atoms with Crippen LogP contribution in [0.3, 0.4) is 0 Å². The summed E-state index contributed by atoms with van der Waals surface area (Å²) in [4.78, 5) is 28.8. The molecular formula is C21H34N6O2S. The van der Waals surface area contributed by atoms with Gasteiger partial charge in [-0.3, -0.25) is 9.79 Å². The van der Waals surface area contributed by atoms with Gasteiger partial charge >= 0.3 is 0 Å². The minimum absolute atomic E-state index is 0.159. The fraction of sp³-hybridized carbons (Fsp3) is 0.762. The highest BCUT2D eigenvalue weighted by molar-refractivity contribution is 7.13. The van der Waals surface area contributed by atoms with Crippen molar-refractivity contribution in [1.82, 2.24) is 20.1 Å². The number of hydrogen-bond acceptors (Lipinski definition) is 6. The van der Waals surface area contributed by atoms with E-state index in [1.165, 1.54) is 12.8 Å². The lowest BCUT2D eigenvalue weighted by Crippen LogP contribution is -2.55. The molecule has 0 aliphatic carbocycles. The Bertz CT molecular complexity index is 719. The van der Waals surface area contributed by atoms with Crippen molar-refractivity contribution < 1.29 is 9.53 Å². The van der Waals surface area contributed by atoms with Crippen LogP contribution in [0.1, 0.15) is 38.3 Å². The highest BCUT2D eigenvalue weighted by atomic mass is 32.1. The topological polar surface area (TPSA) is 73.3 Å². The van der Waals surface area contributed by atoms with Gasteiger partial charge in [0.2, 0.25) is 0 Å². The maximum atomic E-state index is 12.6. The third-order valence-electron chi connectivity index (χ3n) is 5.98. The van der Waals surface area contributed by atoms with Crippen LogP contribution in [0.15, 0.2) is 10.4 Å². The third kappa shape index (κ3) is 5.24. The Morgan fingerprint density at radius 3 is 2.67 bits per heavy atom. The van der Waals surface area contributed by atoms with Crippen LogP contribution in [-0.2, 0) is 16.0 Å². The molecule has 1 N–H and O–H groups in total. The maximum absolute atomic E-state index is 12.6. The molecule has 0 saturated carbocycles. The highest BCUT2D eigenvalue weighted by Crippen LogP contribution is 2.24. The summed E-state index contributed by atoms with van der Waals surface area (Å²) in [6.07, 6.45) is 5.04. The maximum Gasteiger partial charge on any atom is 0.251 e. The van der Waals surface area contributed by atoms with Gasteiger partial charge in [0.15, 0.2) is 11.1 Å². The normalized spacial score (nSPS) is 22.8. The number of aromatic nitrogens is 1. The predicted octanol–water partition coefficient (Wildman–Crippen LogP) is 1.57. The summed E-state index contributed by atoms with van der Waals surface area (Å²) >= 11 is 1.75. The fourth-order valence-electron chi connectivity index (χ4n) is 4.28. The molecule has 3 aliphatic rings. The monoisotopic (exact) mass is 434 g/mol. The number of piperazine rings is 1. The Labute approximate surface area is 183 Å². The lowest BCUT2D eigenvalue weighted by molar-refractivity contribution is -0.142. The van der Waals surface area contributed by atoms with Crippen LogP contribution in [0.5, 0.6) is 0 Å². The van der Waals surface area contributed by atoms with Gasteiger partial charge in [-0.15, -0.1) is 11.3 Å². The zero-order valence-electron chi connectivity index (χ0n) is 18.0. The third-order valence-corrected chi connectivity index (χ3v) is 6.93. The lowest BCUT2D eigenvalue weighted by Gasteiger charge is -2.37. The molecule has 30 heavy (non-hydrogen) atoms. The average Bonchev–Trinajstić information content (AvgIpc) is 3.55. The number of aliphatic imine (C=N–C) groups is 1. The van der Waals surface area contributed by atoms with Gasteiger partial charge < -0.3 is 24.8 Å². The van der Waals surface area contributed by atoms with E-state index in [1.54, 1.807) is 11.3 Å². The van der Waals surface area contributed by atoms with E-state index in [-0.39, 0.29) is 12.0 Å². The van der Waals surface area contributed by atoms with Crippen LogP contribution in [-0.4, -0.2) is 91.7 Å². The first-order valence-corrected chi connectivity index (χ1v) is 12.3. The standard InChI is InChI=1S/C21H34N6O2S/c1-2-22-20(23-8-7-17-16-30-21(24-17)27-9-3-4-10-27)26-13-11-25(12-14-26)19(28)18-6-5-15-29-18/h16,18H,2-15H2,1H3,(H,22,23). The molecular weight excluding hydrogens is 400 g/mol. The number of carbonyl (C=O) groups excluding carboxylic acids is 1. The van der Waals surface area contributed by atoms with Gasteiger partial charge in [0.05, 0.1) is 5.69 Å². The summed E-state index contributed by atoms with van der Waals surface area (Å²) in [5.41, 5.74) is 1.13. The van der Waals surface area contributed by atoms with Crippen LogP contribution >= 0.6 is 11.3 Å². The molecule has 4 rings (SSSR count). The van der Waals surface area contributed by atoms with E-state index < -0.39 is 0 Å². The molecule has 9 heteroatoms. The van der Waals surface area contributed by atoms with Gasteiger partial charge in [-0.05, 0) is 32.6 Å². The molecule has 8 nitrogen and oxygen atoms in total. The van der Waals surface area contributed by atoms with Crippen LogP contribution in [0, 0.1) is 0 Å². The second-order valence-corrected chi connectivity index (χ2v) is 8.95. The first-order chi connectivity index (χ1) is 14.7. The van der Waals surface area contributed by atoms with Gasteiger partial charge in [0.25, 0.3) is 5.91 Å². The molecule has 3 aliphatic heterocycles. The number of rotatable bonds is 6. The zero-order valence-corrected chi connectivity index (χ0v) is 18.8. The average molecular weight is 435 g/mol. The van der Waals surface area contributed by atoms with E-state index in [1.807, 2.05) is 4.90 Å². The van der Waals surface area contributed by atoms with Crippen LogP contribution < -0.4 is 10.2 Å². The molecule has 4 heterocycles. The molecule has 1 amide bonds. The number of amides is 1.